The van der Waals surface area contributed by atoms with Gasteiger partial charge >= 0.3 is 26.2 Å². The first-order valence-electron chi connectivity index (χ1n) is 8.16. The maximum atomic E-state index is 3.40. The third-order valence-corrected chi connectivity index (χ3v) is 4.56. The average molecular weight is 433 g/mol. The van der Waals surface area contributed by atoms with Gasteiger partial charge in [0.05, 0.1) is 0 Å². The fourth-order valence-corrected chi connectivity index (χ4v) is 2.94. The van der Waals surface area contributed by atoms with Crippen molar-refractivity contribution in [3.63, 3.8) is 0 Å². The Bertz CT molecular complexity index is 409. The van der Waals surface area contributed by atoms with Crippen LogP contribution in [0.4, 0.5) is 0 Å². The van der Waals surface area contributed by atoms with Crippen LogP contribution in [0.25, 0.3) is 0 Å². The molecule has 0 N–H and O–H groups in total. The van der Waals surface area contributed by atoms with Gasteiger partial charge in [-0.15, -0.1) is 26.7 Å². The zero-order chi connectivity index (χ0) is 15.1. The maximum absolute atomic E-state index is 3.40. The molecule has 2 aliphatic rings. The van der Waals surface area contributed by atoms with Crippen molar-refractivity contribution in [1.29, 1.82) is 0 Å². The van der Waals surface area contributed by atoms with Gasteiger partial charge in [0.25, 0.3) is 0 Å². The van der Waals surface area contributed by atoms with E-state index < -0.39 is 0 Å². The van der Waals surface area contributed by atoms with Gasteiger partial charge in [-0.1, -0.05) is 53.4 Å². The molecular weight excluding hydrogens is 402 g/mol. The van der Waals surface area contributed by atoms with Crippen LogP contribution >= 0.6 is 0 Å². The third kappa shape index (κ3) is 7.89. The molecule has 0 heterocycles. The molecule has 0 amide bonds. The van der Waals surface area contributed by atoms with Crippen molar-refractivity contribution in [2.45, 2.75) is 80.1 Å². The summed E-state index contributed by atoms with van der Waals surface area (Å²) < 4.78 is 0. The summed E-state index contributed by atoms with van der Waals surface area (Å²) in [5.74, 6) is 0. The van der Waals surface area contributed by atoms with Gasteiger partial charge in [-0.2, -0.15) is 22.3 Å². The van der Waals surface area contributed by atoms with E-state index in [2.05, 4.69) is 53.7 Å². The van der Waals surface area contributed by atoms with Gasteiger partial charge in [0.1, 0.15) is 0 Å². The van der Waals surface area contributed by atoms with E-state index in [9.17, 15) is 0 Å². The number of hydrogen-bond acceptors (Lipinski definition) is 0. The van der Waals surface area contributed by atoms with Crippen LogP contribution in [-0.2, 0) is 26.2 Å². The molecule has 0 radical (unpaired) electrons. The van der Waals surface area contributed by atoms with Crippen molar-refractivity contribution in [2.24, 2.45) is 0 Å². The molecule has 0 spiro atoms. The largest absolute Gasteiger partial charge is 4.00 e. The predicted octanol–water partition coefficient (Wildman–Crippen LogP) is 0.518. The molecule has 0 aromatic rings. The molecule has 2 rings (SSSR count). The zero-order valence-corrected chi connectivity index (χ0v) is 19.5. The van der Waals surface area contributed by atoms with Crippen LogP contribution in [-0.4, -0.2) is 0 Å². The molecule has 0 saturated carbocycles. The second kappa shape index (κ2) is 14.7. The average Bonchev–Trinajstić information content (AvgIpc) is 3.01. The van der Waals surface area contributed by atoms with Crippen molar-refractivity contribution < 1.29 is 51.0 Å². The van der Waals surface area contributed by atoms with Gasteiger partial charge in [0.15, 0.2) is 0 Å². The first-order chi connectivity index (χ1) is 9.58. The van der Waals surface area contributed by atoms with Crippen LogP contribution in [0.1, 0.15) is 80.1 Å². The summed E-state index contributed by atoms with van der Waals surface area (Å²) in [6.07, 6.45) is 13.7. The number of hydrogen-bond donors (Lipinski definition) is 0. The SMILES string of the molecule is CCC1=[C-]CC(CC)=C1C.CCC1=[C-]CC(CC)=C1C.[Cl-].[Cl-].[Zr+4]. The molecule has 23 heavy (non-hydrogen) atoms. The van der Waals surface area contributed by atoms with Crippen molar-refractivity contribution >= 4 is 0 Å². The molecule has 0 fully saturated rings. The first-order valence-corrected chi connectivity index (χ1v) is 8.16. The van der Waals surface area contributed by atoms with Crippen LogP contribution < -0.4 is 24.8 Å². The summed E-state index contributed by atoms with van der Waals surface area (Å²) in [6, 6.07) is 0. The van der Waals surface area contributed by atoms with Gasteiger partial charge in [-0.25, -0.2) is 11.1 Å². The maximum Gasteiger partial charge on any atom is 4.00 e. The fraction of sp³-hybridized carbons (Fsp3) is 0.600. The van der Waals surface area contributed by atoms with E-state index >= 15 is 0 Å². The van der Waals surface area contributed by atoms with Crippen LogP contribution in [0.5, 0.6) is 0 Å². The summed E-state index contributed by atoms with van der Waals surface area (Å²) in [5, 5.41) is 0. The second-order valence-corrected chi connectivity index (χ2v) is 5.54. The zero-order valence-electron chi connectivity index (χ0n) is 15.5. The van der Waals surface area contributed by atoms with E-state index in [-0.39, 0.29) is 51.0 Å². The van der Waals surface area contributed by atoms with Crippen molar-refractivity contribution in [1.82, 2.24) is 0 Å². The summed E-state index contributed by atoms with van der Waals surface area (Å²) in [6.45, 7) is 13.3. The van der Waals surface area contributed by atoms with Crippen LogP contribution in [0.3, 0.4) is 0 Å². The van der Waals surface area contributed by atoms with E-state index in [1.54, 1.807) is 11.1 Å². The Morgan fingerprint density at radius 2 is 0.957 bits per heavy atom. The summed E-state index contributed by atoms with van der Waals surface area (Å²) in [7, 11) is 0. The quantitative estimate of drug-likeness (QED) is 0.569. The Kier molecular flexibility index (Phi) is 18.1. The molecule has 2 aliphatic carbocycles. The number of allylic oxidation sites excluding steroid dienone is 8. The summed E-state index contributed by atoms with van der Waals surface area (Å²) >= 11 is 0. The molecule has 0 bridgehead atoms. The van der Waals surface area contributed by atoms with Crippen LogP contribution in [0.15, 0.2) is 33.4 Å². The standard InChI is InChI=1S/2C10H15.2ClH.Zr/c2*1-4-9-6-7-10(5-2)8(9)3;;;/h2*4-6H2,1-3H3;2*1H;/q2*-1;;;+4/p-2. The van der Waals surface area contributed by atoms with E-state index in [0.717, 1.165) is 25.7 Å². The molecule has 0 aromatic carbocycles. The van der Waals surface area contributed by atoms with E-state index in [1.807, 2.05) is 0 Å². The minimum atomic E-state index is 0. The van der Waals surface area contributed by atoms with Crippen molar-refractivity contribution in [2.75, 3.05) is 0 Å². The smallest absolute Gasteiger partial charge is 1.00 e. The molecule has 3 heteroatoms. The van der Waals surface area contributed by atoms with E-state index in [1.165, 1.54) is 35.1 Å². The first kappa shape index (κ1) is 28.2. The number of halogens is 2. The molecule has 0 aliphatic heterocycles. The number of rotatable bonds is 4. The summed E-state index contributed by atoms with van der Waals surface area (Å²) in [5.41, 5.74) is 9.05. The molecule has 0 saturated heterocycles. The minimum Gasteiger partial charge on any atom is -1.00 e. The van der Waals surface area contributed by atoms with Gasteiger partial charge in [-0.05, 0) is 0 Å². The molecule has 0 nitrogen and oxygen atoms in total. The van der Waals surface area contributed by atoms with Crippen LogP contribution in [0.2, 0.25) is 0 Å². The Labute approximate surface area is 175 Å². The van der Waals surface area contributed by atoms with E-state index in [4.69, 9.17) is 0 Å². The molecule has 0 atom stereocenters. The monoisotopic (exact) mass is 430 g/mol. The van der Waals surface area contributed by atoms with Gasteiger partial charge < -0.3 is 24.8 Å². The topological polar surface area (TPSA) is 0 Å². The Hall–Kier alpha value is 0.423. The molecule has 128 valence electrons. The van der Waals surface area contributed by atoms with Gasteiger partial charge in [0.2, 0.25) is 0 Å². The summed E-state index contributed by atoms with van der Waals surface area (Å²) in [4.78, 5) is 0. The molecular formula is C20H30Cl2Zr. The third-order valence-electron chi connectivity index (χ3n) is 4.56. The van der Waals surface area contributed by atoms with Gasteiger partial charge in [0, 0.05) is 0 Å². The Morgan fingerprint density at radius 1 is 0.652 bits per heavy atom. The predicted molar refractivity (Wildman–Crippen MR) is 89.3 cm³/mol. The van der Waals surface area contributed by atoms with E-state index in [0.29, 0.717) is 0 Å². The molecule has 0 unspecified atom stereocenters. The van der Waals surface area contributed by atoms with Crippen molar-refractivity contribution in [3.8, 4) is 0 Å². The van der Waals surface area contributed by atoms with Crippen LogP contribution in [0, 0.1) is 12.2 Å². The van der Waals surface area contributed by atoms with Gasteiger partial charge in [-0.3, -0.25) is 12.2 Å². The Balaban J connectivity index is -0.000000308. The Morgan fingerprint density at radius 3 is 1.09 bits per heavy atom. The second-order valence-electron chi connectivity index (χ2n) is 5.54. The minimum absolute atomic E-state index is 0. The molecule has 0 aromatic heterocycles. The fourth-order valence-electron chi connectivity index (χ4n) is 2.94. The van der Waals surface area contributed by atoms with Crippen molar-refractivity contribution in [3.05, 3.63) is 45.6 Å². The normalized spacial score (nSPS) is 15.7.